The predicted molar refractivity (Wildman–Crippen MR) is 92.6 cm³/mol. The molecule has 0 saturated carbocycles. The number of hydrogen-bond donors (Lipinski definition) is 2. The van der Waals surface area contributed by atoms with Gasteiger partial charge in [0.1, 0.15) is 5.75 Å². The first-order chi connectivity index (χ1) is 10.6. The summed E-state index contributed by atoms with van der Waals surface area (Å²) in [6.45, 7) is 0.615. The van der Waals surface area contributed by atoms with Gasteiger partial charge in [-0.1, -0.05) is 29.3 Å². The molecule has 112 valence electrons. The lowest BCUT2D eigenvalue weighted by molar-refractivity contribution is 0.476. The lowest BCUT2D eigenvalue weighted by atomic mass is 10.1. The number of hydrogen-bond acceptors (Lipinski definition) is 2. The quantitative estimate of drug-likeness (QED) is 0.659. The van der Waals surface area contributed by atoms with Crippen molar-refractivity contribution in [2.45, 2.75) is 6.42 Å². The monoisotopic (exact) mass is 332 g/mol. The topological polar surface area (TPSA) is 48.4 Å². The van der Waals surface area contributed by atoms with Crippen LogP contribution in [0.5, 0.6) is 5.75 Å². The SMILES string of the molecule is Oc1ccc2[nH]cc(CCN=Cc3c(Cl)cccc3Cl)c2c1. The summed E-state index contributed by atoms with van der Waals surface area (Å²) in [5, 5.41) is 11.8. The average molecular weight is 333 g/mol. The van der Waals surface area contributed by atoms with Crippen molar-refractivity contribution in [3.8, 4) is 5.75 Å². The van der Waals surface area contributed by atoms with E-state index in [1.807, 2.05) is 12.3 Å². The minimum absolute atomic E-state index is 0.264. The highest BCUT2D eigenvalue weighted by Crippen LogP contribution is 2.24. The number of aliphatic imine (C=N–C) groups is 1. The molecule has 0 aliphatic rings. The van der Waals surface area contributed by atoms with Crippen molar-refractivity contribution in [2.24, 2.45) is 4.99 Å². The van der Waals surface area contributed by atoms with Gasteiger partial charge < -0.3 is 10.1 Å². The van der Waals surface area contributed by atoms with E-state index < -0.39 is 0 Å². The van der Waals surface area contributed by atoms with Crippen molar-refractivity contribution in [1.29, 1.82) is 0 Å². The summed E-state index contributed by atoms with van der Waals surface area (Å²) in [5.41, 5.74) is 2.86. The summed E-state index contributed by atoms with van der Waals surface area (Å²) < 4.78 is 0. The number of benzene rings is 2. The zero-order valence-corrected chi connectivity index (χ0v) is 13.2. The van der Waals surface area contributed by atoms with Gasteiger partial charge in [-0.25, -0.2) is 0 Å². The smallest absolute Gasteiger partial charge is 0.116 e. The second-order valence-electron chi connectivity index (χ2n) is 4.96. The van der Waals surface area contributed by atoms with Crippen molar-refractivity contribution < 1.29 is 5.11 Å². The molecule has 0 bridgehead atoms. The molecule has 2 aromatic carbocycles. The molecule has 3 nitrogen and oxygen atoms in total. The van der Waals surface area contributed by atoms with Gasteiger partial charge in [-0.3, -0.25) is 4.99 Å². The minimum Gasteiger partial charge on any atom is -0.508 e. The number of rotatable bonds is 4. The molecular weight excluding hydrogens is 319 g/mol. The van der Waals surface area contributed by atoms with Gasteiger partial charge >= 0.3 is 0 Å². The van der Waals surface area contributed by atoms with Crippen LogP contribution in [0.15, 0.2) is 47.6 Å². The van der Waals surface area contributed by atoms with Gasteiger partial charge in [0.25, 0.3) is 0 Å². The van der Waals surface area contributed by atoms with Crippen molar-refractivity contribution in [3.63, 3.8) is 0 Å². The van der Waals surface area contributed by atoms with Crippen LogP contribution < -0.4 is 0 Å². The summed E-state index contributed by atoms with van der Waals surface area (Å²) in [7, 11) is 0. The summed E-state index contributed by atoms with van der Waals surface area (Å²) in [6, 6.07) is 10.7. The Balaban J connectivity index is 1.72. The number of H-pyrrole nitrogens is 1. The van der Waals surface area contributed by atoms with Crippen LogP contribution in [-0.2, 0) is 6.42 Å². The molecule has 2 N–H and O–H groups in total. The summed E-state index contributed by atoms with van der Waals surface area (Å²) >= 11 is 12.2. The van der Waals surface area contributed by atoms with Gasteiger partial charge in [-0.2, -0.15) is 0 Å². The number of aromatic hydroxyl groups is 1. The fraction of sp³-hybridized carbons (Fsp3) is 0.118. The zero-order valence-electron chi connectivity index (χ0n) is 11.7. The van der Waals surface area contributed by atoms with Gasteiger partial charge in [-0.05, 0) is 42.3 Å². The number of nitrogens with one attached hydrogen (secondary N) is 1. The van der Waals surface area contributed by atoms with E-state index in [4.69, 9.17) is 23.2 Å². The molecule has 0 saturated heterocycles. The molecule has 1 aromatic heterocycles. The van der Waals surface area contributed by atoms with Crippen LogP contribution >= 0.6 is 23.2 Å². The Morgan fingerprint density at radius 2 is 1.91 bits per heavy atom. The maximum Gasteiger partial charge on any atom is 0.116 e. The van der Waals surface area contributed by atoms with Crippen molar-refractivity contribution in [1.82, 2.24) is 4.98 Å². The highest BCUT2D eigenvalue weighted by Gasteiger charge is 2.05. The molecule has 0 aliphatic carbocycles. The lowest BCUT2D eigenvalue weighted by Gasteiger charge is -2.01. The van der Waals surface area contributed by atoms with E-state index in [9.17, 15) is 5.11 Å². The zero-order chi connectivity index (χ0) is 15.5. The first kappa shape index (κ1) is 14.9. The highest BCUT2D eigenvalue weighted by atomic mass is 35.5. The van der Waals surface area contributed by atoms with Crippen LogP contribution in [0.4, 0.5) is 0 Å². The Labute approximate surface area is 138 Å². The molecule has 0 amide bonds. The second kappa shape index (κ2) is 6.42. The summed E-state index contributed by atoms with van der Waals surface area (Å²) in [6.07, 6.45) is 4.42. The van der Waals surface area contributed by atoms with Crippen LogP contribution in [-0.4, -0.2) is 22.8 Å². The molecule has 0 spiro atoms. The average Bonchev–Trinajstić information content (AvgIpc) is 2.88. The van der Waals surface area contributed by atoms with Crippen molar-refractivity contribution >= 4 is 40.3 Å². The predicted octanol–water partition coefficient (Wildman–Crippen LogP) is 4.84. The Bertz CT molecular complexity index is 820. The number of halogens is 2. The van der Waals surface area contributed by atoms with Crippen LogP contribution in [0.25, 0.3) is 10.9 Å². The van der Waals surface area contributed by atoms with E-state index in [1.54, 1.807) is 36.5 Å². The molecule has 5 heteroatoms. The number of phenolic OH excluding ortho intramolecular Hbond substituents is 1. The second-order valence-corrected chi connectivity index (χ2v) is 5.78. The summed E-state index contributed by atoms with van der Waals surface area (Å²) in [4.78, 5) is 7.58. The van der Waals surface area contributed by atoms with Gasteiger partial charge in [0.2, 0.25) is 0 Å². The van der Waals surface area contributed by atoms with Gasteiger partial charge in [-0.15, -0.1) is 0 Å². The molecule has 22 heavy (non-hydrogen) atoms. The number of aromatic amines is 1. The summed E-state index contributed by atoms with van der Waals surface area (Å²) in [5.74, 6) is 0.264. The maximum atomic E-state index is 9.58. The third-order valence-electron chi connectivity index (χ3n) is 3.48. The fourth-order valence-electron chi connectivity index (χ4n) is 2.35. The van der Waals surface area contributed by atoms with E-state index in [0.717, 1.165) is 28.5 Å². The van der Waals surface area contributed by atoms with Crippen LogP contribution in [0.1, 0.15) is 11.1 Å². The number of fused-ring (bicyclic) bond motifs is 1. The molecule has 0 aliphatic heterocycles. The molecule has 0 radical (unpaired) electrons. The van der Waals surface area contributed by atoms with Crippen LogP contribution in [0, 0.1) is 0 Å². The number of phenols is 1. The van der Waals surface area contributed by atoms with Gasteiger partial charge in [0, 0.05) is 35.4 Å². The van der Waals surface area contributed by atoms with E-state index >= 15 is 0 Å². The lowest BCUT2D eigenvalue weighted by Crippen LogP contribution is -1.91. The Morgan fingerprint density at radius 3 is 2.68 bits per heavy atom. The molecule has 0 atom stereocenters. The van der Waals surface area contributed by atoms with E-state index in [-0.39, 0.29) is 5.75 Å². The van der Waals surface area contributed by atoms with E-state index in [0.29, 0.717) is 16.6 Å². The Hall–Kier alpha value is -1.97. The highest BCUT2D eigenvalue weighted by molar-refractivity contribution is 6.38. The molecule has 3 aromatic rings. The molecule has 0 unspecified atom stereocenters. The van der Waals surface area contributed by atoms with Crippen molar-refractivity contribution in [2.75, 3.05) is 6.54 Å². The van der Waals surface area contributed by atoms with Crippen molar-refractivity contribution in [3.05, 3.63) is 63.8 Å². The first-order valence-corrected chi connectivity index (χ1v) is 7.63. The minimum atomic E-state index is 0.264. The third-order valence-corrected chi connectivity index (χ3v) is 4.14. The molecular formula is C17H14Cl2N2O. The normalized spacial score (nSPS) is 11.5. The number of aromatic nitrogens is 1. The maximum absolute atomic E-state index is 9.58. The number of nitrogens with zero attached hydrogens (tertiary/aromatic N) is 1. The van der Waals surface area contributed by atoms with E-state index in [2.05, 4.69) is 9.98 Å². The van der Waals surface area contributed by atoms with Gasteiger partial charge in [0.15, 0.2) is 0 Å². The standard InChI is InChI=1S/C17H14Cl2N2O/c18-15-2-1-3-16(19)14(15)10-20-7-6-11-9-21-17-5-4-12(22)8-13(11)17/h1-5,8-10,21-22H,6-7H2. The van der Waals surface area contributed by atoms with Crippen LogP contribution in [0.2, 0.25) is 10.0 Å². The first-order valence-electron chi connectivity index (χ1n) is 6.88. The Kier molecular flexibility index (Phi) is 4.36. The molecule has 1 heterocycles. The van der Waals surface area contributed by atoms with Crippen LogP contribution in [0.3, 0.4) is 0 Å². The fourth-order valence-corrected chi connectivity index (χ4v) is 2.84. The molecule has 0 fully saturated rings. The largest absolute Gasteiger partial charge is 0.508 e. The molecule has 3 rings (SSSR count). The Morgan fingerprint density at radius 1 is 1.14 bits per heavy atom. The van der Waals surface area contributed by atoms with E-state index in [1.165, 1.54) is 0 Å². The van der Waals surface area contributed by atoms with Gasteiger partial charge in [0.05, 0.1) is 10.0 Å². The third kappa shape index (κ3) is 3.11.